The number of aromatic hydroxyl groups is 1. The molecule has 2 nitrogen and oxygen atoms in total. The van der Waals surface area contributed by atoms with Crippen molar-refractivity contribution in [3.8, 4) is 11.5 Å². The van der Waals surface area contributed by atoms with Crippen molar-refractivity contribution in [1.82, 2.24) is 0 Å². The normalized spacial score (nSPS) is 9.92. The van der Waals surface area contributed by atoms with Gasteiger partial charge in [-0.15, -0.1) is 0 Å². The van der Waals surface area contributed by atoms with Crippen molar-refractivity contribution in [3.63, 3.8) is 0 Å². The van der Waals surface area contributed by atoms with Crippen LogP contribution in [-0.2, 0) is 5.33 Å². The quantitative estimate of drug-likeness (QED) is 0.819. The molecule has 0 unspecified atom stereocenters. The van der Waals surface area contributed by atoms with Crippen LogP contribution in [0.3, 0.4) is 0 Å². The van der Waals surface area contributed by atoms with Crippen molar-refractivity contribution >= 4 is 27.5 Å². The number of ether oxygens (including phenoxy) is 1. The summed E-state index contributed by atoms with van der Waals surface area (Å²) in [6.45, 7) is 0. The van der Waals surface area contributed by atoms with E-state index < -0.39 is 0 Å². The number of benzene rings is 1. The number of halogens is 2. The average molecular weight is 252 g/mol. The summed E-state index contributed by atoms with van der Waals surface area (Å²) in [7, 11) is 1.56. The summed E-state index contributed by atoms with van der Waals surface area (Å²) in [6.07, 6.45) is 0. The second kappa shape index (κ2) is 4.01. The number of methoxy groups -OCH3 is 1. The predicted octanol–water partition coefficient (Wildman–Crippen LogP) is 2.95. The highest BCUT2D eigenvalue weighted by atomic mass is 79.9. The standard InChI is InChI=1S/C8H8BrClO2/c1-12-6-2-5(4-9)8(11)7(10)3-6/h2-3,11H,4H2,1H3. The van der Waals surface area contributed by atoms with Crippen molar-refractivity contribution in [1.29, 1.82) is 0 Å². The molecular weight excluding hydrogens is 243 g/mol. The molecule has 0 spiro atoms. The van der Waals surface area contributed by atoms with Gasteiger partial charge >= 0.3 is 0 Å². The maximum atomic E-state index is 9.40. The number of hydrogen-bond donors (Lipinski definition) is 1. The summed E-state index contributed by atoms with van der Waals surface area (Å²) < 4.78 is 4.98. The largest absolute Gasteiger partial charge is 0.506 e. The van der Waals surface area contributed by atoms with Gasteiger partial charge in [-0.1, -0.05) is 27.5 Å². The average Bonchev–Trinajstić information content (AvgIpc) is 2.09. The monoisotopic (exact) mass is 250 g/mol. The van der Waals surface area contributed by atoms with Crippen molar-refractivity contribution in [2.75, 3.05) is 7.11 Å². The minimum absolute atomic E-state index is 0.106. The molecule has 0 fully saturated rings. The Morgan fingerprint density at radius 2 is 2.25 bits per heavy atom. The Balaban J connectivity index is 3.19. The molecule has 0 radical (unpaired) electrons. The highest BCUT2D eigenvalue weighted by molar-refractivity contribution is 9.08. The summed E-state index contributed by atoms with van der Waals surface area (Å²) in [5, 5.41) is 10.3. The topological polar surface area (TPSA) is 29.5 Å². The molecule has 0 aliphatic rings. The van der Waals surface area contributed by atoms with Crippen LogP contribution in [0.15, 0.2) is 12.1 Å². The molecular formula is C8H8BrClO2. The summed E-state index contributed by atoms with van der Waals surface area (Å²) in [5.74, 6) is 0.751. The highest BCUT2D eigenvalue weighted by Gasteiger charge is 2.07. The Bertz CT molecular complexity index is 289. The third-order valence-electron chi connectivity index (χ3n) is 1.50. The Morgan fingerprint density at radius 3 is 2.75 bits per heavy atom. The molecule has 0 aliphatic carbocycles. The van der Waals surface area contributed by atoms with Gasteiger partial charge in [-0.2, -0.15) is 0 Å². The van der Waals surface area contributed by atoms with E-state index in [0.717, 1.165) is 5.56 Å². The molecule has 0 saturated heterocycles. The van der Waals surface area contributed by atoms with E-state index in [-0.39, 0.29) is 5.75 Å². The van der Waals surface area contributed by atoms with Gasteiger partial charge in [-0.25, -0.2) is 0 Å². The van der Waals surface area contributed by atoms with Gasteiger partial charge in [0, 0.05) is 17.0 Å². The molecule has 0 aromatic heterocycles. The molecule has 4 heteroatoms. The second-order valence-electron chi connectivity index (χ2n) is 2.25. The fourth-order valence-corrected chi connectivity index (χ4v) is 1.50. The maximum Gasteiger partial charge on any atom is 0.138 e. The minimum Gasteiger partial charge on any atom is -0.506 e. The van der Waals surface area contributed by atoms with Crippen LogP contribution >= 0.6 is 27.5 Å². The Labute approximate surface area is 84.2 Å². The maximum absolute atomic E-state index is 9.40. The van der Waals surface area contributed by atoms with Crippen LogP contribution in [-0.4, -0.2) is 12.2 Å². The summed E-state index contributed by atoms with van der Waals surface area (Å²) in [5.41, 5.74) is 0.722. The van der Waals surface area contributed by atoms with E-state index in [4.69, 9.17) is 16.3 Å². The number of phenols is 1. The van der Waals surface area contributed by atoms with Gasteiger partial charge < -0.3 is 9.84 Å². The van der Waals surface area contributed by atoms with E-state index >= 15 is 0 Å². The van der Waals surface area contributed by atoms with Crippen LogP contribution < -0.4 is 4.74 Å². The first-order valence-electron chi connectivity index (χ1n) is 3.30. The van der Waals surface area contributed by atoms with Crippen LogP contribution in [0.5, 0.6) is 11.5 Å². The van der Waals surface area contributed by atoms with Gasteiger partial charge in [-0.3, -0.25) is 0 Å². The lowest BCUT2D eigenvalue weighted by molar-refractivity contribution is 0.411. The zero-order chi connectivity index (χ0) is 9.14. The smallest absolute Gasteiger partial charge is 0.138 e. The number of rotatable bonds is 2. The third kappa shape index (κ3) is 1.84. The Morgan fingerprint density at radius 1 is 1.58 bits per heavy atom. The fourth-order valence-electron chi connectivity index (χ4n) is 0.848. The predicted molar refractivity (Wildman–Crippen MR) is 52.3 cm³/mol. The number of alkyl halides is 1. The van der Waals surface area contributed by atoms with E-state index in [1.807, 2.05) is 0 Å². The molecule has 66 valence electrons. The Kier molecular flexibility index (Phi) is 3.23. The molecule has 0 atom stereocenters. The van der Waals surface area contributed by atoms with Gasteiger partial charge in [0.1, 0.15) is 11.5 Å². The van der Waals surface area contributed by atoms with E-state index in [0.29, 0.717) is 16.1 Å². The van der Waals surface area contributed by atoms with Crippen LogP contribution in [0, 0.1) is 0 Å². The first-order valence-corrected chi connectivity index (χ1v) is 4.80. The van der Waals surface area contributed by atoms with E-state index in [1.165, 1.54) is 0 Å². The van der Waals surface area contributed by atoms with E-state index in [1.54, 1.807) is 19.2 Å². The SMILES string of the molecule is COc1cc(Cl)c(O)c(CBr)c1. The summed E-state index contributed by atoms with van der Waals surface area (Å²) >= 11 is 8.96. The van der Waals surface area contributed by atoms with E-state index in [2.05, 4.69) is 15.9 Å². The minimum atomic E-state index is 0.106. The third-order valence-corrected chi connectivity index (χ3v) is 2.39. The molecule has 12 heavy (non-hydrogen) atoms. The molecule has 0 saturated carbocycles. The molecule has 1 aromatic carbocycles. The fraction of sp³-hybridized carbons (Fsp3) is 0.250. The van der Waals surface area contributed by atoms with Gasteiger partial charge in [-0.05, 0) is 6.07 Å². The van der Waals surface area contributed by atoms with Gasteiger partial charge in [0.25, 0.3) is 0 Å². The lowest BCUT2D eigenvalue weighted by Crippen LogP contribution is -1.86. The van der Waals surface area contributed by atoms with Crippen molar-refractivity contribution in [2.45, 2.75) is 5.33 Å². The summed E-state index contributed by atoms with van der Waals surface area (Å²) in [4.78, 5) is 0. The number of hydrogen-bond acceptors (Lipinski definition) is 2. The molecule has 1 aromatic rings. The Hall–Kier alpha value is -0.410. The highest BCUT2D eigenvalue weighted by Crippen LogP contribution is 2.33. The zero-order valence-corrected chi connectivity index (χ0v) is 8.82. The van der Waals surface area contributed by atoms with Crippen molar-refractivity contribution < 1.29 is 9.84 Å². The zero-order valence-electron chi connectivity index (χ0n) is 6.47. The first-order chi connectivity index (χ1) is 5.69. The molecule has 0 heterocycles. The van der Waals surface area contributed by atoms with Crippen molar-refractivity contribution in [2.24, 2.45) is 0 Å². The first kappa shape index (κ1) is 9.68. The molecule has 0 aliphatic heterocycles. The van der Waals surface area contributed by atoms with Crippen LogP contribution in [0.4, 0.5) is 0 Å². The second-order valence-corrected chi connectivity index (χ2v) is 3.22. The molecule has 1 N–H and O–H groups in total. The van der Waals surface area contributed by atoms with Crippen LogP contribution in [0.25, 0.3) is 0 Å². The van der Waals surface area contributed by atoms with Gasteiger partial charge in [0.2, 0.25) is 0 Å². The van der Waals surface area contributed by atoms with Crippen LogP contribution in [0.2, 0.25) is 5.02 Å². The van der Waals surface area contributed by atoms with Gasteiger partial charge in [0.05, 0.1) is 12.1 Å². The molecule has 0 bridgehead atoms. The van der Waals surface area contributed by atoms with Crippen LogP contribution in [0.1, 0.15) is 5.56 Å². The van der Waals surface area contributed by atoms with Crippen molar-refractivity contribution in [3.05, 3.63) is 22.7 Å². The van der Waals surface area contributed by atoms with E-state index in [9.17, 15) is 5.11 Å². The molecule has 1 rings (SSSR count). The lowest BCUT2D eigenvalue weighted by atomic mass is 10.2. The molecule has 0 amide bonds. The lowest BCUT2D eigenvalue weighted by Gasteiger charge is -2.06. The number of phenolic OH excluding ortho intramolecular Hbond substituents is 1. The summed E-state index contributed by atoms with van der Waals surface area (Å²) in [6, 6.07) is 3.30. The van der Waals surface area contributed by atoms with Gasteiger partial charge in [0.15, 0.2) is 0 Å².